The molecule has 1 aliphatic rings. The number of nitro benzene ring substituents is 1. The van der Waals surface area contributed by atoms with Crippen LogP contribution in [0.25, 0.3) is 5.69 Å². The zero-order valence-corrected chi connectivity index (χ0v) is 20.3. The molecule has 2 aromatic carbocycles. The lowest BCUT2D eigenvalue weighted by Crippen LogP contribution is -2.47. The van der Waals surface area contributed by atoms with Gasteiger partial charge in [0.1, 0.15) is 18.3 Å². The van der Waals surface area contributed by atoms with Crippen LogP contribution in [0.15, 0.2) is 89.7 Å². The first kappa shape index (κ1) is 24.1. The van der Waals surface area contributed by atoms with Gasteiger partial charge in [0, 0.05) is 30.4 Å². The van der Waals surface area contributed by atoms with E-state index in [2.05, 4.69) is 0 Å². The molecule has 0 aliphatic carbocycles. The lowest BCUT2D eigenvalue weighted by atomic mass is 10.0. The number of carbonyl (C=O) groups is 2. The average Bonchev–Trinajstić information content (AvgIpc) is 3.63. The molecule has 0 bridgehead atoms. The van der Waals surface area contributed by atoms with E-state index >= 15 is 0 Å². The smallest absolute Gasteiger partial charge is 0.270 e. The Labute approximate surface area is 213 Å². The van der Waals surface area contributed by atoms with Gasteiger partial charge in [-0.25, -0.2) is 0 Å². The molecule has 0 saturated heterocycles. The van der Waals surface area contributed by atoms with Gasteiger partial charge in [-0.05, 0) is 48.9 Å². The number of nitrogens with zero attached hydrogens (tertiary/aromatic N) is 4. The number of para-hydroxylation sites is 2. The Kier molecular flexibility index (Phi) is 6.59. The largest absolute Gasteiger partial charge is 0.467 e. The Balaban J connectivity index is 1.52. The number of fused-ring (bicyclic) bond motifs is 3. The molecule has 2 aromatic heterocycles. The predicted molar refractivity (Wildman–Crippen MR) is 138 cm³/mol. The minimum Gasteiger partial charge on any atom is -0.467 e. The van der Waals surface area contributed by atoms with E-state index in [1.807, 2.05) is 60.2 Å². The van der Waals surface area contributed by atoms with Gasteiger partial charge in [0.25, 0.3) is 11.6 Å². The Morgan fingerprint density at radius 2 is 1.84 bits per heavy atom. The third-order valence-electron chi connectivity index (χ3n) is 6.50. The maximum atomic E-state index is 14.1. The number of hydrogen-bond donors (Lipinski definition) is 0. The molecule has 9 nitrogen and oxygen atoms in total. The number of unbranched alkanes of at least 4 members (excludes halogenated alkanes) is 1. The van der Waals surface area contributed by atoms with Crippen molar-refractivity contribution in [2.45, 2.75) is 25.8 Å². The highest BCUT2D eigenvalue weighted by atomic mass is 16.6. The number of benzene rings is 2. The number of carbonyl (C=O) groups excluding carboxylic acids is 2. The first-order chi connectivity index (χ1) is 18.0. The normalized spacial score (nSPS) is 14.1. The van der Waals surface area contributed by atoms with E-state index in [1.54, 1.807) is 17.2 Å². The monoisotopic (exact) mass is 498 g/mol. The molecule has 2 amide bonds. The molecule has 1 atom stereocenters. The van der Waals surface area contributed by atoms with Gasteiger partial charge in [0.15, 0.2) is 0 Å². The number of anilines is 1. The van der Waals surface area contributed by atoms with Crippen molar-refractivity contribution in [3.05, 3.63) is 112 Å². The molecule has 0 radical (unpaired) electrons. The fourth-order valence-corrected chi connectivity index (χ4v) is 4.75. The van der Waals surface area contributed by atoms with Crippen LogP contribution in [-0.4, -0.2) is 39.3 Å². The molecular weight excluding hydrogens is 472 g/mol. The maximum absolute atomic E-state index is 14.1. The summed E-state index contributed by atoms with van der Waals surface area (Å²) in [5.41, 5.74) is 2.43. The second kappa shape index (κ2) is 10.1. The molecule has 9 heteroatoms. The average molecular weight is 499 g/mol. The summed E-state index contributed by atoms with van der Waals surface area (Å²) in [6.45, 7) is 2.16. The van der Waals surface area contributed by atoms with Gasteiger partial charge in [0.2, 0.25) is 5.91 Å². The molecule has 0 saturated carbocycles. The maximum Gasteiger partial charge on any atom is 0.270 e. The molecule has 1 unspecified atom stereocenters. The molecule has 188 valence electrons. The van der Waals surface area contributed by atoms with Crippen LogP contribution in [0.3, 0.4) is 0 Å². The fourth-order valence-electron chi connectivity index (χ4n) is 4.75. The van der Waals surface area contributed by atoms with Crippen molar-refractivity contribution in [1.29, 1.82) is 0 Å². The first-order valence-electron chi connectivity index (χ1n) is 12.2. The molecule has 3 heterocycles. The Morgan fingerprint density at radius 3 is 2.57 bits per heavy atom. The number of hydrogen-bond acceptors (Lipinski definition) is 5. The van der Waals surface area contributed by atoms with Crippen molar-refractivity contribution in [2.24, 2.45) is 0 Å². The molecule has 0 spiro atoms. The van der Waals surface area contributed by atoms with Crippen molar-refractivity contribution in [1.82, 2.24) is 9.47 Å². The molecule has 0 fully saturated rings. The van der Waals surface area contributed by atoms with Crippen LogP contribution in [0.4, 0.5) is 11.4 Å². The Morgan fingerprint density at radius 1 is 1.03 bits per heavy atom. The van der Waals surface area contributed by atoms with E-state index in [0.717, 1.165) is 17.8 Å². The number of nitro groups is 1. The molecule has 4 aromatic rings. The van der Waals surface area contributed by atoms with Crippen LogP contribution >= 0.6 is 0 Å². The molecule has 0 N–H and O–H groups in total. The van der Waals surface area contributed by atoms with E-state index in [9.17, 15) is 19.7 Å². The van der Waals surface area contributed by atoms with Crippen LogP contribution in [0.1, 0.15) is 47.6 Å². The summed E-state index contributed by atoms with van der Waals surface area (Å²) < 4.78 is 7.80. The van der Waals surface area contributed by atoms with Crippen LogP contribution in [0.5, 0.6) is 0 Å². The number of aromatic nitrogens is 1. The van der Waals surface area contributed by atoms with Gasteiger partial charge in [-0.2, -0.15) is 0 Å². The SMILES string of the molecule is CCCCN(CC(=O)N1c2ccccc2-n2cccc2C1c1ccco1)C(=O)c1cccc([N+](=O)[O-])c1. The van der Waals surface area contributed by atoms with Gasteiger partial charge in [-0.15, -0.1) is 0 Å². The van der Waals surface area contributed by atoms with Crippen molar-refractivity contribution in [3.8, 4) is 5.69 Å². The fraction of sp³-hybridized carbons (Fsp3) is 0.214. The Hall–Kier alpha value is -4.66. The van der Waals surface area contributed by atoms with Crippen molar-refractivity contribution in [3.63, 3.8) is 0 Å². The second-order valence-corrected chi connectivity index (χ2v) is 8.86. The molecule has 5 rings (SSSR count). The molecular formula is C28H26N4O5. The number of furan rings is 1. The van der Waals surface area contributed by atoms with Gasteiger partial charge >= 0.3 is 0 Å². The van der Waals surface area contributed by atoms with Gasteiger partial charge < -0.3 is 13.9 Å². The van der Waals surface area contributed by atoms with E-state index in [1.165, 1.54) is 29.2 Å². The standard InChI is InChI=1S/C28H26N4O5/c1-2-3-15-29(28(34)20-9-6-10-21(18-20)32(35)36)19-26(33)31-23-12-5-4-11-22(23)30-16-7-13-24(30)27(31)25-14-8-17-37-25/h4-14,16-18,27H,2-3,15,19H2,1H3. The zero-order chi connectivity index (χ0) is 25.9. The number of rotatable bonds is 8. The summed E-state index contributed by atoms with van der Waals surface area (Å²) >= 11 is 0. The summed E-state index contributed by atoms with van der Waals surface area (Å²) in [6.07, 6.45) is 5.04. The summed E-state index contributed by atoms with van der Waals surface area (Å²) in [5.74, 6) is -0.0992. The highest BCUT2D eigenvalue weighted by Crippen LogP contribution is 2.42. The second-order valence-electron chi connectivity index (χ2n) is 8.86. The van der Waals surface area contributed by atoms with Crippen LogP contribution in [0, 0.1) is 10.1 Å². The van der Waals surface area contributed by atoms with E-state index in [-0.39, 0.29) is 23.7 Å². The molecule has 37 heavy (non-hydrogen) atoms. The predicted octanol–water partition coefficient (Wildman–Crippen LogP) is 5.36. The minimum atomic E-state index is -0.536. The quantitative estimate of drug-likeness (QED) is 0.240. The van der Waals surface area contributed by atoms with Gasteiger partial charge in [0.05, 0.1) is 28.3 Å². The summed E-state index contributed by atoms with van der Waals surface area (Å²) in [6, 6.07) is 20.2. The van der Waals surface area contributed by atoms with E-state index < -0.39 is 16.9 Å². The van der Waals surface area contributed by atoms with Crippen LogP contribution in [0.2, 0.25) is 0 Å². The summed E-state index contributed by atoms with van der Waals surface area (Å²) in [5, 5.41) is 11.3. The van der Waals surface area contributed by atoms with Crippen molar-refractivity contribution < 1.29 is 18.9 Å². The zero-order valence-electron chi connectivity index (χ0n) is 20.3. The lowest BCUT2D eigenvalue weighted by molar-refractivity contribution is -0.384. The van der Waals surface area contributed by atoms with Crippen molar-refractivity contribution in [2.75, 3.05) is 18.0 Å². The number of amides is 2. The minimum absolute atomic E-state index is 0.170. The van der Waals surface area contributed by atoms with Gasteiger partial charge in [-0.3, -0.25) is 24.6 Å². The van der Waals surface area contributed by atoms with Gasteiger partial charge in [-0.1, -0.05) is 31.5 Å². The summed E-state index contributed by atoms with van der Waals surface area (Å²) in [4.78, 5) is 41.4. The van der Waals surface area contributed by atoms with E-state index in [0.29, 0.717) is 24.4 Å². The van der Waals surface area contributed by atoms with E-state index in [4.69, 9.17) is 4.42 Å². The third-order valence-corrected chi connectivity index (χ3v) is 6.50. The first-order valence-corrected chi connectivity index (χ1v) is 12.2. The highest BCUT2D eigenvalue weighted by Gasteiger charge is 2.38. The Bertz CT molecular complexity index is 1440. The number of non-ortho nitro benzene ring substituents is 1. The third kappa shape index (κ3) is 4.51. The van der Waals surface area contributed by atoms with Crippen LogP contribution in [-0.2, 0) is 4.79 Å². The topological polar surface area (TPSA) is 102 Å². The lowest BCUT2D eigenvalue weighted by Gasteiger charge is -2.38. The molecule has 1 aliphatic heterocycles. The summed E-state index contributed by atoms with van der Waals surface area (Å²) in [7, 11) is 0. The highest BCUT2D eigenvalue weighted by molar-refractivity contribution is 6.02. The van der Waals surface area contributed by atoms with Crippen LogP contribution < -0.4 is 4.90 Å². The van der Waals surface area contributed by atoms with Crippen molar-refractivity contribution >= 4 is 23.2 Å².